The molecular weight excluding hydrogens is 188 g/mol. The van der Waals surface area contributed by atoms with Crippen LogP contribution in [0.4, 0.5) is 5.69 Å². The van der Waals surface area contributed by atoms with Crippen molar-refractivity contribution in [3.63, 3.8) is 0 Å². The molecule has 0 atom stereocenters. The second kappa shape index (κ2) is 4.29. The summed E-state index contributed by atoms with van der Waals surface area (Å²) in [6.07, 6.45) is 10.4. The van der Waals surface area contributed by atoms with Crippen LogP contribution in [0, 0.1) is 12.3 Å². The maximum atomic E-state index is 5.14. The second-order valence-corrected chi connectivity index (χ2v) is 2.91. The molecule has 0 saturated heterocycles. The van der Waals surface area contributed by atoms with Gasteiger partial charge >= 0.3 is 0 Å². The van der Waals surface area contributed by atoms with E-state index in [2.05, 4.69) is 21.3 Å². The Hall–Kier alpha value is -2.28. The number of aromatic nitrogens is 3. The van der Waals surface area contributed by atoms with Gasteiger partial charge in [0.05, 0.1) is 18.4 Å². The van der Waals surface area contributed by atoms with E-state index in [0.29, 0.717) is 6.54 Å². The van der Waals surface area contributed by atoms with Crippen molar-refractivity contribution in [2.24, 2.45) is 0 Å². The lowest BCUT2D eigenvalue weighted by Crippen LogP contribution is -2.01. The van der Waals surface area contributed by atoms with E-state index in [0.717, 1.165) is 11.5 Å². The van der Waals surface area contributed by atoms with Gasteiger partial charge in [0.1, 0.15) is 0 Å². The van der Waals surface area contributed by atoms with Gasteiger partial charge in [0.2, 0.25) is 0 Å². The van der Waals surface area contributed by atoms with Crippen molar-refractivity contribution in [1.29, 1.82) is 0 Å². The lowest BCUT2D eigenvalue weighted by Gasteiger charge is -2.03. The molecule has 74 valence electrons. The Balaban J connectivity index is 2.15. The molecule has 0 radical (unpaired) electrons. The minimum absolute atomic E-state index is 0.503. The molecule has 0 aromatic carbocycles. The molecule has 0 saturated carbocycles. The number of nitrogens with one attached hydrogen (secondary N) is 1. The van der Waals surface area contributed by atoms with Crippen LogP contribution in [0.5, 0.6) is 0 Å². The van der Waals surface area contributed by atoms with Crippen LogP contribution >= 0.6 is 0 Å². The van der Waals surface area contributed by atoms with Crippen molar-refractivity contribution in [2.75, 3.05) is 11.9 Å². The molecule has 0 amide bonds. The summed E-state index contributed by atoms with van der Waals surface area (Å²) in [6, 6.07) is 5.65. The Morgan fingerprint density at radius 2 is 2.40 bits per heavy atom. The van der Waals surface area contributed by atoms with Crippen LogP contribution < -0.4 is 5.32 Å². The largest absolute Gasteiger partial charge is 0.373 e. The Morgan fingerprint density at radius 3 is 3.00 bits per heavy atom. The summed E-state index contributed by atoms with van der Waals surface area (Å²) in [6.45, 7) is 0.503. The number of hydrogen-bond acceptors (Lipinski definition) is 3. The van der Waals surface area contributed by atoms with E-state index in [4.69, 9.17) is 6.42 Å². The van der Waals surface area contributed by atoms with Gasteiger partial charge in [0.25, 0.3) is 0 Å². The number of hydrogen-bond donors (Lipinski definition) is 1. The van der Waals surface area contributed by atoms with Gasteiger partial charge < -0.3 is 5.32 Å². The van der Waals surface area contributed by atoms with Crippen LogP contribution in [0.25, 0.3) is 5.82 Å². The van der Waals surface area contributed by atoms with Gasteiger partial charge in [-0.1, -0.05) is 5.92 Å². The molecule has 0 aliphatic rings. The monoisotopic (exact) mass is 198 g/mol. The number of anilines is 1. The topological polar surface area (TPSA) is 42.7 Å². The maximum absolute atomic E-state index is 5.14. The van der Waals surface area contributed by atoms with Crippen molar-refractivity contribution >= 4 is 5.69 Å². The molecule has 2 rings (SSSR count). The van der Waals surface area contributed by atoms with E-state index in [9.17, 15) is 0 Å². The number of rotatable bonds is 3. The first-order chi connectivity index (χ1) is 7.40. The minimum atomic E-state index is 0.503. The third-order valence-corrected chi connectivity index (χ3v) is 1.88. The molecule has 0 unspecified atom stereocenters. The highest BCUT2D eigenvalue weighted by Gasteiger charge is 1.96. The predicted molar refractivity (Wildman–Crippen MR) is 58.7 cm³/mol. The maximum Gasteiger partial charge on any atom is 0.153 e. The zero-order valence-electron chi connectivity index (χ0n) is 8.09. The average molecular weight is 198 g/mol. The molecule has 2 aromatic rings. The lowest BCUT2D eigenvalue weighted by molar-refractivity contribution is 0.847. The van der Waals surface area contributed by atoms with Crippen LogP contribution in [-0.2, 0) is 0 Å². The van der Waals surface area contributed by atoms with E-state index >= 15 is 0 Å². The molecule has 0 fully saturated rings. The lowest BCUT2D eigenvalue weighted by atomic mass is 10.4. The molecular formula is C11H10N4. The van der Waals surface area contributed by atoms with Crippen molar-refractivity contribution in [3.8, 4) is 18.2 Å². The first kappa shape index (κ1) is 9.28. The average Bonchev–Trinajstić information content (AvgIpc) is 2.80. The van der Waals surface area contributed by atoms with Gasteiger partial charge in [0, 0.05) is 12.4 Å². The Labute approximate surface area is 88.0 Å². The van der Waals surface area contributed by atoms with Gasteiger partial charge in [-0.15, -0.1) is 6.42 Å². The van der Waals surface area contributed by atoms with E-state index in [1.54, 1.807) is 17.1 Å². The highest BCUT2D eigenvalue weighted by atomic mass is 15.3. The Bertz CT molecular complexity index is 450. The zero-order valence-corrected chi connectivity index (χ0v) is 8.09. The molecule has 4 nitrogen and oxygen atoms in total. The summed E-state index contributed by atoms with van der Waals surface area (Å²) in [4.78, 5) is 4.24. The number of pyridine rings is 1. The summed E-state index contributed by atoms with van der Waals surface area (Å²) < 4.78 is 1.70. The summed E-state index contributed by atoms with van der Waals surface area (Å²) in [5.41, 5.74) is 0.906. The van der Waals surface area contributed by atoms with Gasteiger partial charge in [-0.3, -0.25) is 0 Å². The highest BCUT2D eigenvalue weighted by molar-refractivity contribution is 5.44. The highest BCUT2D eigenvalue weighted by Crippen LogP contribution is 2.08. The third-order valence-electron chi connectivity index (χ3n) is 1.88. The summed E-state index contributed by atoms with van der Waals surface area (Å²) in [5.74, 6) is 3.29. The third kappa shape index (κ3) is 2.15. The van der Waals surface area contributed by atoms with Gasteiger partial charge in [0.15, 0.2) is 5.82 Å². The molecule has 0 aliphatic heterocycles. The van der Waals surface area contributed by atoms with Crippen molar-refractivity contribution in [3.05, 3.63) is 36.8 Å². The van der Waals surface area contributed by atoms with E-state index in [-0.39, 0.29) is 0 Å². The molecule has 1 N–H and O–H groups in total. The molecule has 0 bridgehead atoms. The number of nitrogens with zero attached hydrogens (tertiary/aromatic N) is 3. The normalized spacial score (nSPS) is 9.53. The molecule has 2 heterocycles. The molecule has 0 spiro atoms. The summed E-state index contributed by atoms with van der Waals surface area (Å²) in [7, 11) is 0. The van der Waals surface area contributed by atoms with Gasteiger partial charge in [-0.05, 0) is 18.2 Å². The molecule has 2 aromatic heterocycles. The van der Waals surface area contributed by atoms with Crippen LogP contribution in [0.1, 0.15) is 0 Å². The minimum Gasteiger partial charge on any atom is -0.373 e. The van der Waals surface area contributed by atoms with Gasteiger partial charge in [-0.2, -0.15) is 5.10 Å². The van der Waals surface area contributed by atoms with E-state index in [1.165, 1.54) is 0 Å². The number of terminal acetylenes is 1. The van der Waals surface area contributed by atoms with Gasteiger partial charge in [-0.25, -0.2) is 9.67 Å². The Morgan fingerprint density at radius 1 is 1.47 bits per heavy atom. The van der Waals surface area contributed by atoms with Crippen LogP contribution in [0.3, 0.4) is 0 Å². The van der Waals surface area contributed by atoms with Crippen molar-refractivity contribution < 1.29 is 0 Å². The Kier molecular flexibility index (Phi) is 2.65. The standard InChI is InChI=1S/C11H10N4/c1-2-6-12-10-4-5-11(13-9-10)15-8-3-7-14-15/h1,3-5,7-9,12H,6H2. The molecule has 15 heavy (non-hydrogen) atoms. The smallest absolute Gasteiger partial charge is 0.153 e. The zero-order chi connectivity index (χ0) is 10.5. The second-order valence-electron chi connectivity index (χ2n) is 2.91. The van der Waals surface area contributed by atoms with Crippen molar-refractivity contribution in [1.82, 2.24) is 14.8 Å². The van der Waals surface area contributed by atoms with Crippen LogP contribution in [0.2, 0.25) is 0 Å². The summed E-state index contributed by atoms with van der Waals surface area (Å²) in [5, 5.41) is 7.12. The first-order valence-electron chi connectivity index (χ1n) is 4.53. The SMILES string of the molecule is C#CCNc1ccc(-n2cccn2)nc1. The fourth-order valence-electron chi connectivity index (χ4n) is 1.18. The molecule has 4 heteroatoms. The summed E-state index contributed by atoms with van der Waals surface area (Å²) >= 11 is 0. The predicted octanol–water partition coefficient (Wildman–Crippen LogP) is 1.31. The van der Waals surface area contributed by atoms with Crippen LogP contribution in [-0.4, -0.2) is 21.3 Å². The first-order valence-corrected chi connectivity index (χ1v) is 4.53. The fraction of sp³-hybridized carbons (Fsp3) is 0.0909. The van der Waals surface area contributed by atoms with E-state index in [1.807, 2.05) is 24.4 Å². The van der Waals surface area contributed by atoms with Crippen LogP contribution in [0.15, 0.2) is 36.8 Å². The molecule has 0 aliphatic carbocycles. The quantitative estimate of drug-likeness (QED) is 0.756. The fourth-order valence-corrected chi connectivity index (χ4v) is 1.18. The van der Waals surface area contributed by atoms with E-state index < -0.39 is 0 Å². The van der Waals surface area contributed by atoms with Crippen molar-refractivity contribution in [2.45, 2.75) is 0 Å².